The van der Waals surface area contributed by atoms with E-state index in [1.165, 1.54) is 25.0 Å². The fraction of sp³-hybridized carbons (Fsp3) is 0.588. The van der Waals surface area contributed by atoms with E-state index in [1.54, 1.807) is 6.07 Å². The maximum atomic E-state index is 12.2. The van der Waals surface area contributed by atoms with Gasteiger partial charge in [-0.2, -0.15) is 11.8 Å². The number of likely N-dealkylation sites (N-methyl/N-ethyl adjacent to an activating group) is 1. The number of amides is 1. The fourth-order valence-corrected chi connectivity index (χ4v) is 4.28. The second-order valence-electron chi connectivity index (χ2n) is 5.97. The van der Waals surface area contributed by atoms with Crippen LogP contribution in [0.15, 0.2) is 18.2 Å². The molecule has 0 heterocycles. The van der Waals surface area contributed by atoms with Crippen molar-refractivity contribution in [3.63, 3.8) is 0 Å². The lowest BCUT2D eigenvalue weighted by molar-refractivity contribution is -0.117. The molecule has 122 valence electrons. The zero-order chi connectivity index (χ0) is 16.1. The van der Waals surface area contributed by atoms with Crippen LogP contribution in [0.25, 0.3) is 0 Å². The zero-order valence-corrected chi connectivity index (χ0v) is 15.1. The van der Waals surface area contributed by atoms with Crippen molar-refractivity contribution in [1.29, 1.82) is 0 Å². The van der Waals surface area contributed by atoms with Gasteiger partial charge in [0.15, 0.2) is 0 Å². The molecule has 3 nitrogen and oxygen atoms in total. The van der Waals surface area contributed by atoms with Gasteiger partial charge in [-0.1, -0.05) is 24.6 Å². The fourth-order valence-electron chi connectivity index (χ4n) is 2.98. The predicted molar refractivity (Wildman–Crippen MR) is 97.0 cm³/mol. The van der Waals surface area contributed by atoms with Crippen LogP contribution in [0, 0.1) is 6.92 Å². The van der Waals surface area contributed by atoms with Gasteiger partial charge in [0.05, 0.1) is 6.54 Å². The minimum Gasteiger partial charge on any atom is -0.325 e. The topological polar surface area (TPSA) is 32.3 Å². The largest absolute Gasteiger partial charge is 0.325 e. The Labute approximate surface area is 142 Å². The third kappa shape index (κ3) is 4.90. The highest BCUT2D eigenvalue weighted by Gasteiger charge is 2.28. The van der Waals surface area contributed by atoms with E-state index in [9.17, 15) is 4.79 Å². The second-order valence-corrected chi connectivity index (χ2v) is 7.98. The zero-order valence-electron chi connectivity index (χ0n) is 13.6. The molecule has 1 aliphatic rings. The van der Waals surface area contributed by atoms with E-state index in [1.807, 2.05) is 37.9 Å². The van der Waals surface area contributed by atoms with E-state index in [-0.39, 0.29) is 5.91 Å². The molecule has 1 aliphatic carbocycles. The van der Waals surface area contributed by atoms with Crippen molar-refractivity contribution in [2.75, 3.05) is 24.7 Å². The first-order valence-corrected chi connectivity index (χ1v) is 9.30. The van der Waals surface area contributed by atoms with Crippen molar-refractivity contribution < 1.29 is 4.79 Å². The number of carbonyl (C=O) groups excluding carboxylic acids is 1. The standard InChI is InChI=1S/C17H25ClN2OS/c1-4-22-15-8-7-14(10-15)20(3)11-17(21)19-16-9-13(18)6-5-12(16)2/h5-6,9,14-15H,4,7-8,10-11H2,1-3H3,(H,19,21). The summed E-state index contributed by atoms with van der Waals surface area (Å²) in [6.07, 6.45) is 3.65. The van der Waals surface area contributed by atoms with E-state index in [2.05, 4.69) is 17.1 Å². The van der Waals surface area contributed by atoms with Gasteiger partial charge >= 0.3 is 0 Å². The number of aryl methyl sites for hydroxylation is 1. The number of thioether (sulfide) groups is 1. The lowest BCUT2D eigenvalue weighted by Crippen LogP contribution is -2.37. The van der Waals surface area contributed by atoms with Gasteiger partial charge in [0.2, 0.25) is 5.91 Å². The van der Waals surface area contributed by atoms with Crippen molar-refractivity contribution >= 4 is 35.0 Å². The van der Waals surface area contributed by atoms with Crippen LogP contribution in [0.1, 0.15) is 31.7 Å². The van der Waals surface area contributed by atoms with Crippen molar-refractivity contribution in [3.05, 3.63) is 28.8 Å². The minimum absolute atomic E-state index is 0.0273. The number of anilines is 1. The Hall–Kier alpha value is -0.710. The number of hydrogen-bond donors (Lipinski definition) is 1. The summed E-state index contributed by atoms with van der Waals surface area (Å²) < 4.78 is 0. The van der Waals surface area contributed by atoms with E-state index >= 15 is 0 Å². The Bertz CT molecular complexity index is 523. The minimum atomic E-state index is 0.0273. The van der Waals surface area contributed by atoms with Crippen LogP contribution in [0.2, 0.25) is 5.02 Å². The third-order valence-electron chi connectivity index (χ3n) is 4.25. The molecule has 0 aliphatic heterocycles. The number of benzene rings is 1. The molecule has 5 heteroatoms. The lowest BCUT2D eigenvalue weighted by Gasteiger charge is -2.24. The molecule has 1 aromatic rings. The first-order valence-electron chi connectivity index (χ1n) is 7.87. The van der Waals surface area contributed by atoms with Crippen LogP contribution in [0.4, 0.5) is 5.69 Å². The summed E-state index contributed by atoms with van der Waals surface area (Å²) in [5, 5.41) is 4.37. The molecular formula is C17H25ClN2OS. The highest BCUT2D eigenvalue weighted by Crippen LogP contribution is 2.32. The first-order chi connectivity index (χ1) is 10.5. The molecule has 1 amide bonds. The summed E-state index contributed by atoms with van der Waals surface area (Å²) in [4.78, 5) is 14.4. The van der Waals surface area contributed by atoms with Gasteiger partial charge in [0.1, 0.15) is 0 Å². The number of rotatable bonds is 6. The van der Waals surface area contributed by atoms with Gasteiger partial charge in [0.25, 0.3) is 0 Å². The van der Waals surface area contributed by atoms with Crippen LogP contribution < -0.4 is 5.32 Å². The molecule has 22 heavy (non-hydrogen) atoms. The first kappa shape index (κ1) is 17.6. The van der Waals surface area contributed by atoms with Crippen molar-refractivity contribution in [2.45, 2.75) is 44.4 Å². The quantitative estimate of drug-likeness (QED) is 0.842. The molecule has 2 unspecified atom stereocenters. The van der Waals surface area contributed by atoms with Crippen molar-refractivity contribution in [2.24, 2.45) is 0 Å². The van der Waals surface area contributed by atoms with E-state index in [0.717, 1.165) is 16.5 Å². The molecule has 0 saturated heterocycles. The summed E-state index contributed by atoms with van der Waals surface area (Å²) >= 11 is 8.03. The molecule has 1 aromatic carbocycles. The maximum absolute atomic E-state index is 12.2. The van der Waals surface area contributed by atoms with Gasteiger partial charge in [0, 0.05) is 22.0 Å². The monoisotopic (exact) mass is 340 g/mol. The molecule has 0 spiro atoms. The molecule has 0 bridgehead atoms. The van der Waals surface area contributed by atoms with Crippen molar-refractivity contribution in [3.8, 4) is 0 Å². The van der Waals surface area contributed by atoms with Crippen LogP contribution >= 0.6 is 23.4 Å². The molecule has 0 aromatic heterocycles. The van der Waals surface area contributed by atoms with Gasteiger partial charge < -0.3 is 5.32 Å². The highest BCUT2D eigenvalue weighted by molar-refractivity contribution is 7.99. The predicted octanol–water partition coefficient (Wildman–Crippen LogP) is 4.19. The summed E-state index contributed by atoms with van der Waals surface area (Å²) in [7, 11) is 2.05. The van der Waals surface area contributed by atoms with Gasteiger partial charge in [-0.25, -0.2) is 0 Å². The Morgan fingerprint density at radius 3 is 2.95 bits per heavy atom. The number of carbonyl (C=O) groups is 1. The average Bonchev–Trinajstić information content (AvgIpc) is 2.92. The second kappa shape index (κ2) is 8.23. The van der Waals surface area contributed by atoms with Gasteiger partial charge in [-0.15, -0.1) is 0 Å². The van der Waals surface area contributed by atoms with Gasteiger partial charge in [-0.05, 0) is 56.7 Å². The van der Waals surface area contributed by atoms with Crippen LogP contribution in [0.3, 0.4) is 0 Å². The number of halogens is 1. The Morgan fingerprint density at radius 1 is 1.45 bits per heavy atom. The summed E-state index contributed by atoms with van der Waals surface area (Å²) in [6, 6.07) is 6.09. The molecule has 1 fully saturated rings. The summed E-state index contributed by atoms with van der Waals surface area (Å²) in [5.41, 5.74) is 1.83. The van der Waals surface area contributed by atoms with Crippen LogP contribution in [-0.2, 0) is 4.79 Å². The Morgan fingerprint density at radius 2 is 2.23 bits per heavy atom. The van der Waals surface area contributed by atoms with E-state index < -0.39 is 0 Å². The maximum Gasteiger partial charge on any atom is 0.238 e. The highest BCUT2D eigenvalue weighted by atomic mass is 35.5. The Kier molecular flexibility index (Phi) is 6.60. The van der Waals surface area contributed by atoms with E-state index in [0.29, 0.717) is 17.6 Å². The molecule has 1 N–H and O–H groups in total. The van der Waals surface area contributed by atoms with Gasteiger partial charge in [-0.3, -0.25) is 9.69 Å². The van der Waals surface area contributed by atoms with Crippen LogP contribution in [0.5, 0.6) is 0 Å². The van der Waals surface area contributed by atoms with Crippen molar-refractivity contribution in [1.82, 2.24) is 4.90 Å². The molecule has 0 radical (unpaired) electrons. The normalized spacial score (nSPS) is 21.3. The third-order valence-corrected chi connectivity index (χ3v) is 5.72. The lowest BCUT2D eigenvalue weighted by atomic mass is 10.2. The number of nitrogens with zero attached hydrogens (tertiary/aromatic N) is 1. The van der Waals surface area contributed by atoms with Crippen LogP contribution in [-0.4, -0.2) is 41.4 Å². The molecule has 2 rings (SSSR count). The molecule has 1 saturated carbocycles. The number of nitrogens with one attached hydrogen (secondary N) is 1. The number of hydrogen-bond acceptors (Lipinski definition) is 3. The molecular weight excluding hydrogens is 316 g/mol. The molecule has 2 atom stereocenters. The SMILES string of the molecule is CCSC1CCC(N(C)CC(=O)Nc2cc(Cl)ccc2C)C1. The summed E-state index contributed by atoms with van der Waals surface area (Å²) in [5.74, 6) is 1.20. The Balaban J connectivity index is 1.85. The summed E-state index contributed by atoms with van der Waals surface area (Å²) in [6.45, 7) is 4.61. The van der Waals surface area contributed by atoms with E-state index in [4.69, 9.17) is 11.6 Å². The smallest absolute Gasteiger partial charge is 0.238 e. The average molecular weight is 341 g/mol.